The maximum Gasteiger partial charge on any atom is 0.386 e. The molecule has 4 aromatic heterocycles. The van der Waals surface area contributed by atoms with Crippen molar-refractivity contribution in [3.63, 3.8) is 0 Å². The molecule has 2 bridgehead atoms. The fourth-order valence-electron chi connectivity index (χ4n) is 5.26. The van der Waals surface area contributed by atoms with Crippen molar-refractivity contribution < 1.29 is 47.2 Å². The van der Waals surface area contributed by atoms with Crippen molar-refractivity contribution in [3.8, 4) is 0 Å². The Kier molecular flexibility index (Phi) is 7.64. The van der Waals surface area contributed by atoms with Crippen molar-refractivity contribution in [1.82, 2.24) is 39.3 Å². The zero-order valence-electron chi connectivity index (χ0n) is 21.9. The quantitative estimate of drug-likeness (QED) is 0.110. The van der Waals surface area contributed by atoms with E-state index in [0.717, 1.165) is 0 Å². The first-order valence-corrected chi connectivity index (χ1v) is 18.0. The lowest BCUT2D eigenvalue weighted by Gasteiger charge is -2.41. The Labute approximate surface area is 255 Å². The third-order valence-electron chi connectivity index (χ3n) is 7.31. The molecule has 20 nitrogen and oxygen atoms in total. The Morgan fingerprint density at radius 2 is 1.82 bits per heavy atom. The lowest BCUT2D eigenvalue weighted by atomic mass is 10.0. The fourth-order valence-corrected chi connectivity index (χ4v) is 8.30. The number of nitrogens with two attached hydrogens (primary N) is 1. The number of imidazole rings is 2. The molecule has 0 aromatic carbocycles. The van der Waals surface area contributed by atoms with E-state index >= 15 is 0 Å². The predicted molar refractivity (Wildman–Crippen MR) is 152 cm³/mol. The number of aromatic amines is 1. The zero-order valence-corrected chi connectivity index (χ0v) is 25.4. The maximum absolute atomic E-state index is 13.4. The SMILES string of the molecule is Nc1ncnc2c1ncn2[C@@H]1CO[C@@H]2OP(O)(=S)O[C@@H]3[C@H](O)[C@@H](COP(=O)(S)O[C@H]2[C@H]1O)O[C@H]3n1cnc2c(=O)[nH]ncc21. The highest BCUT2D eigenvalue weighted by Crippen LogP contribution is 2.59. The number of anilines is 1. The molecule has 10 atom stereocenters. The Morgan fingerprint density at radius 3 is 2.64 bits per heavy atom. The lowest BCUT2D eigenvalue weighted by molar-refractivity contribution is -0.221. The Balaban J connectivity index is 1.22. The minimum absolute atomic E-state index is 0.0178. The number of aromatic nitrogens is 8. The topological polar surface area (TPSA) is 266 Å². The van der Waals surface area contributed by atoms with Crippen LogP contribution >= 0.6 is 25.8 Å². The van der Waals surface area contributed by atoms with Crippen LogP contribution in [0.3, 0.4) is 0 Å². The summed E-state index contributed by atoms with van der Waals surface area (Å²) in [4.78, 5) is 39.7. The molecule has 6 N–H and O–H groups in total. The van der Waals surface area contributed by atoms with Gasteiger partial charge in [0, 0.05) is 0 Å². The van der Waals surface area contributed by atoms with E-state index in [1.54, 1.807) is 0 Å². The van der Waals surface area contributed by atoms with Gasteiger partial charge in [0.05, 0.1) is 43.6 Å². The highest BCUT2D eigenvalue weighted by molar-refractivity contribution is 8.44. The molecule has 0 amide bonds. The summed E-state index contributed by atoms with van der Waals surface area (Å²) in [6.07, 6.45) is -5.09. The summed E-state index contributed by atoms with van der Waals surface area (Å²) in [5.74, 6) is 0.110. The smallest absolute Gasteiger partial charge is 0.386 e. The van der Waals surface area contributed by atoms with Crippen molar-refractivity contribution in [2.24, 2.45) is 0 Å². The first-order chi connectivity index (χ1) is 20.9. The maximum atomic E-state index is 13.4. The molecule has 0 spiro atoms. The predicted octanol–water partition coefficient (Wildman–Crippen LogP) is -0.870. The van der Waals surface area contributed by atoms with Crippen molar-refractivity contribution in [2.75, 3.05) is 18.9 Å². The summed E-state index contributed by atoms with van der Waals surface area (Å²) in [5.41, 5.74) is 6.08. The van der Waals surface area contributed by atoms with Gasteiger partial charge >= 0.3 is 13.5 Å². The van der Waals surface area contributed by atoms with Crippen LogP contribution in [0.4, 0.5) is 5.82 Å². The second-order valence-electron chi connectivity index (χ2n) is 9.96. The number of hydrogen-bond donors (Lipinski definition) is 6. The molecule has 3 aliphatic rings. The molecule has 0 radical (unpaired) electrons. The summed E-state index contributed by atoms with van der Waals surface area (Å²) in [5, 5.41) is 28.6. The minimum Gasteiger partial charge on any atom is -0.388 e. The standard InChI is InChI=1S/C20H23N9O11P2S2/c21-16-11-17(23-4-22-16)28(5-25-11)8-2-35-20-15(12(8)30)39-41(33,43)36-3-9-13(31)14(38-42(34,44)40-20)19(37-9)29-6-24-10-7(29)1-26-27-18(10)32/h1,4-6,8-9,12-15,19-20,30-31H,2-3H2,(H,27,32)(H,33,43)(H,34,44)(H2,21,22,23)/t8-,9-,12+,13-,14-,15+,19-,20-,41?,42?/m1/s1. The Hall–Kier alpha value is -2.43. The molecule has 0 saturated carbocycles. The summed E-state index contributed by atoms with van der Waals surface area (Å²) in [6, 6.07) is -0.935. The van der Waals surface area contributed by atoms with Crippen LogP contribution in [0.25, 0.3) is 22.2 Å². The van der Waals surface area contributed by atoms with Crippen LogP contribution in [0.15, 0.2) is 30.0 Å². The van der Waals surface area contributed by atoms with E-state index in [-0.39, 0.29) is 34.6 Å². The largest absolute Gasteiger partial charge is 0.388 e. The molecule has 0 aliphatic carbocycles. The zero-order chi connectivity index (χ0) is 31.0. The molecule has 2 unspecified atom stereocenters. The van der Waals surface area contributed by atoms with E-state index in [0.29, 0.717) is 0 Å². The minimum atomic E-state index is -4.37. The van der Waals surface area contributed by atoms with E-state index in [4.69, 9.17) is 45.1 Å². The van der Waals surface area contributed by atoms with Gasteiger partial charge in [-0.15, -0.1) is 0 Å². The number of nitrogen functional groups attached to an aromatic ring is 1. The van der Waals surface area contributed by atoms with Gasteiger partial charge in [-0.1, -0.05) is 12.2 Å². The Morgan fingerprint density at radius 1 is 1.05 bits per heavy atom. The van der Waals surface area contributed by atoms with Crippen LogP contribution in [0.1, 0.15) is 12.3 Å². The van der Waals surface area contributed by atoms with Crippen LogP contribution in [-0.2, 0) is 43.9 Å². The van der Waals surface area contributed by atoms with E-state index < -0.39 is 74.8 Å². The van der Waals surface area contributed by atoms with E-state index in [2.05, 4.69) is 42.4 Å². The third kappa shape index (κ3) is 5.28. The number of H-pyrrole nitrogens is 1. The number of ether oxygens (including phenoxy) is 2. The number of fused-ring (bicyclic) bond motifs is 5. The van der Waals surface area contributed by atoms with Gasteiger partial charge in [0.15, 0.2) is 29.5 Å². The van der Waals surface area contributed by atoms with Gasteiger partial charge in [0.1, 0.15) is 42.4 Å². The molecule has 3 aliphatic heterocycles. The van der Waals surface area contributed by atoms with Gasteiger partial charge in [-0.25, -0.2) is 29.6 Å². The van der Waals surface area contributed by atoms with Gasteiger partial charge in [-0.2, -0.15) is 5.10 Å². The van der Waals surface area contributed by atoms with Crippen LogP contribution in [0.5, 0.6) is 0 Å². The first kappa shape index (κ1) is 30.2. The van der Waals surface area contributed by atoms with Gasteiger partial charge < -0.3 is 34.9 Å². The van der Waals surface area contributed by atoms with Crippen LogP contribution in [-0.4, -0.2) is 104 Å². The summed E-state index contributed by atoms with van der Waals surface area (Å²) >= 11 is 9.31. The van der Waals surface area contributed by atoms with Crippen LogP contribution < -0.4 is 11.3 Å². The van der Waals surface area contributed by atoms with E-state index in [9.17, 15) is 24.5 Å². The summed E-state index contributed by atoms with van der Waals surface area (Å²) in [6.45, 7) is -9.52. The molecular weight excluding hydrogens is 668 g/mol. The van der Waals surface area contributed by atoms with Gasteiger partial charge in [0.2, 0.25) is 0 Å². The average molecular weight is 692 g/mol. The van der Waals surface area contributed by atoms with Gasteiger partial charge in [-0.05, 0) is 11.8 Å². The molecule has 24 heteroatoms. The first-order valence-electron chi connectivity index (χ1n) is 12.7. The normalized spacial score (nSPS) is 38.3. The van der Waals surface area contributed by atoms with Crippen molar-refractivity contribution in [2.45, 2.75) is 49.1 Å². The number of thiol groups is 1. The molecule has 3 saturated heterocycles. The molecular formula is C20H23N9O11P2S2. The fraction of sp³-hybridized carbons (Fsp3) is 0.500. The van der Waals surface area contributed by atoms with E-state index in [1.807, 2.05) is 0 Å². The second-order valence-corrected chi connectivity index (χ2v) is 15.6. The molecule has 3 fully saturated rings. The van der Waals surface area contributed by atoms with E-state index in [1.165, 1.54) is 34.3 Å². The molecule has 44 heavy (non-hydrogen) atoms. The van der Waals surface area contributed by atoms with Crippen molar-refractivity contribution >= 4 is 65.6 Å². The number of rotatable bonds is 2. The summed E-state index contributed by atoms with van der Waals surface area (Å²) in [7, 11) is 0. The third-order valence-corrected chi connectivity index (χ3v) is 10.4. The van der Waals surface area contributed by atoms with Gasteiger partial charge in [0.25, 0.3) is 5.56 Å². The molecule has 236 valence electrons. The Bertz CT molecular complexity index is 1890. The highest BCUT2D eigenvalue weighted by Gasteiger charge is 2.53. The average Bonchev–Trinajstić information content (AvgIpc) is 3.67. The second kappa shape index (κ2) is 11.1. The summed E-state index contributed by atoms with van der Waals surface area (Å²) < 4.78 is 50.4. The van der Waals surface area contributed by atoms with Crippen LogP contribution in [0, 0.1) is 0 Å². The molecule has 7 heterocycles. The van der Waals surface area contributed by atoms with Crippen molar-refractivity contribution in [3.05, 3.63) is 35.5 Å². The molecule has 7 rings (SSSR count). The number of nitrogens with one attached hydrogen (secondary N) is 1. The highest BCUT2D eigenvalue weighted by atomic mass is 32.7. The van der Waals surface area contributed by atoms with Crippen LogP contribution in [0.2, 0.25) is 0 Å². The monoisotopic (exact) mass is 691 g/mol. The number of aliphatic hydroxyl groups excluding tert-OH is 2. The molecule has 4 aromatic rings. The van der Waals surface area contributed by atoms with Gasteiger partial charge in [-0.3, -0.25) is 27.5 Å². The number of aliphatic hydroxyl groups is 2. The van der Waals surface area contributed by atoms with Crippen molar-refractivity contribution in [1.29, 1.82) is 0 Å². The number of nitrogens with zero attached hydrogens (tertiary/aromatic N) is 7. The lowest BCUT2D eigenvalue weighted by Crippen LogP contribution is -2.52. The number of hydrogen-bond acceptors (Lipinski definition) is 17.